The zero-order valence-corrected chi connectivity index (χ0v) is 42.3. The highest BCUT2D eigenvalue weighted by molar-refractivity contribution is 7.07. The molecule has 3 aromatic carbocycles. The largest absolute Gasteiger partial charge is 0.416 e. The third-order valence-corrected chi connectivity index (χ3v) is 44.2. The molecular weight excluding hydrogens is 793 g/mol. The Morgan fingerprint density at radius 3 is 0.765 bits per heavy atom. The molecule has 0 spiro atoms. The Labute approximate surface area is 317 Å². The predicted molar refractivity (Wildman–Crippen MR) is 228 cm³/mol. The highest BCUT2D eigenvalue weighted by Gasteiger charge is 2.60. The molecule has 3 aromatic rings. The molecule has 2 fully saturated rings. The monoisotopic (exact) mass is 852 g/mol. The summed E-state index contributed by atoms with van der Waals surface area (Å²) < 4.78 is 59.1. The van der Waals surface area contributed by atoms with Crippen LogP contribution in [0.15, 0.2) is 91.0 Å². The van der Waals surface area contributed by atoms with Crippen LogP contribution in [0.2, 0.25) is 98.2 Å². The van der Waals surface area contributed by atoms with Crippen molar-refractivity contribution in [3.63, 3.8) is 0 Å². The van der Waals surface area contributed by atoms with E-state index in [0.717, 1.165) is 15.6 Å². The molecule has 9 nitrogen and oxygen atoms in total. The Kier molecular flexibility index (Phi) is 13.0. The van der Waals surface area contributed by atoms with Crippen LogP contribution >= 0.6 is 0 Å². The van der Waals surface area contributed by atoms with E-state index in [4.69, 9.17) is 37.0 Å². The summed E-state index contributed by atoms with van der Waals surface area (Å²) in [5.41, 5.74) is 0. The van der Waals surface area contributed by atoms with E-state index in [-0.39, 0.29) is 0 Å². The molecule has 0 aromatic heterocycles. The lowest BCUT2D eigenvalue weighted by Crippen LogP contribution is -2.79. The normalized spacial score (nSPS) is 27.4. The summed E-state index contributed by atoms with van der Waals surface area (Å²) in [4.78, 5) is 0. The molecule has 0 amide bonds. The highest BCUT2D eigenvalue weighted by atomic mass is 28.5. The van der Waals surface area contributed by atoms with Gasteiger partial charge in [0.2, 0.25) is 0 Å². The van der Waals surface area contributed by atoms with Gasteiger partial charge in [0.1, 0.15) is 0 Å². The molecular formula is C33H60O9Si9. The van der Waals surface area contributed by atoms with Gasteiger partial charge in [0.05, 0.1) is 0 Å². The minimum Gasteiger partial charge on any atom is -0.416 e. The van der Waals surface area contributed by atoms with Gasteiger partial charge in [-0.05, 0) is 114 Å². The van der Waals surface area contributed by atoms with Gasteiger partial charge in [-0.2, -0.15) is 0 Å². The lowest BCUT2D eigenvalue weighted by Gasteiger charge is -2.50. The Bertz CT molecular complexity index is 1420. The van der Waals surface area contributed by atoms with E-state index in [2.05, 4.69) is 171 Å². The minimum absolute atomic E-state index is 1.13. The van der Waals surface area contributed by atoms with Crippen LogP contribution in [0.4, 0.5) is 0 Å². The summed E-state index contributed by atoms with van der Waals surface area (Å²) in [6.07, 6.45) is 0. The first-order chi connectivity index (χ1) is 23.2. The lowest BCUT2D eigenvalue weighted by molar-refractivity contribution is 0.239. The molecule has 2 saturated heterocycles. The molecule has 0 radical (unpaired) electrons. The van der Waals surface area contributed by atoms with E-state index in [9.17, 15) is 0 Å². The second kappa shape index (κ2) is 15.4. The highest BCUT2D eigenvalue weighted by Crippen LogP contribution is 2.32. The summed E-state index contributed by atoms with van der Waals surface area (Å²) in [6.45, 7) is 31.2. The van der Waals surface area contributed by atoms with Crippen LogP contribution in [0, 0.1) is 0 Å². The fraction of sp³-hybridized carbons (Fsp3) is 0.455. The second-order valence-electron chi connectivity index (χ2n) is 16.4. The van der Waals surface area contributed by atoms with Crippen LogP contribution in [0.1, 0.15) is 0 Å². The maximum absolute atomic E-state index is 7.02. The Morgan fingerprint density at radius 1 is 0.255 bits per heavy atom. The van der Waals surface area contributed by atoms with Crippen molar-refractivity contribution in [1.29, 1.82) is 0 Å². The van der Waals surface area contributed by atoms with Crippen molar-refractivity contribution in [2.24, 2.45) is 0 Å². The predicted octanol–water partition coefficient (Wildman–Crippen LogP) is 7.30. The van der Waals surface area contributed by atoms with Crippen LogP contribution in [-0.4, -0.2) is 77.0 Å². The SMILES string of the molecule is C[Si]1(C)O[Si](C)(C)O[Si](C)(C)O[Si](C)(C)O[Si](C)(C)O[Si](C)(C)O1.C[Si]1(C)O[Si](C)(c2ccccc2)O[Si](c2ccccc2)(c2ccccc2)O1. The second-order valence-corrected chi connectivity index (χ2v) is 48.2. The van der Waals surface area contributed by atoms with E-state index >= 15 is 0 Å². The van der Waals surface area contributed by atoms with Crippen molar-refractivity contribution in [1.82, 2.24) is 0 Å². The summed E-state index contributed by atoms with van der Waals surface area (Å²) in [5.74, 6) is 0. The van der Waals surface area contributed by atoms with Gasteiger partial charge in [-0.25, -0.2) is 0 Å². The maximum Gasteiger partial charge on any atom is 0.389 e. The topological polar surface area (TPSA) is 83.1 Å². The van der Waals surface area contributed by atoms with Crippen LogP contribution in [0.5, 0.6) is 0 Å². The van der Waals surface area contributed by atoms with Gasteiger partial charge >= 0.3 is 77.0 Å². The lowest BCUT2D eigenvalue weighted by atomic mass is 10.4. The van der Waals surface area contributed by atoms with Crippen LogP contribution in [0.3, 0.4) is 0 Å². The van der Waals surface area contributed by atoms with Gasteiger partial charge in [-0.1, -0.05) is 91.0 Å². The summed E-state index contributed by atoms with van der Waals surface area (Å²) in [5, 5.41) is 3.42. The molecule has 0 bridgehead atoms. The average Bonchev–Trinajstić information content (AvgIpc) is 2.93. The fourth-order valence-corrected chi connectivity index (χ4v) is 54.6. The van der Waals surface area contributed by atoms with Crippen LogP contribution in [0.25, 0.3) is 0 Å². The van der Waals surface area contributed by atoms with Crippen molar-refractivity contribution in [2.75, 3.05) is 0 Å². The molecule has 18 heteroatoms. The maximum atomic E-state index is 7.02. The third kappa shape index (κ3) is 12.1. The third-order valence-electron chi connectivity index (χ3n) is 7.72. The van der Waals surface area contributed by atoms with Gasteiger partial charge in [0, 0.05) is 0 Å². The molecule has 2 aliphatic heterocycles. The Balaban J connectivity index is 0.000000231. The van der Waals surface area contributed by atoms with Gasteiger partial charge in [0.15, 0.2) is 0 Å². The number of hydrogen-bond acceptors (Lipinski definition) is 9. The molecule has 0 N–H and O–H groups in total. The van der Waals surface area contributed by atoms with Crippen molar-refractivity contribution in [3.8, 4) is 0 Å². The number of benzene rings is 3. The first kappa shape index (κ1) is 43.0. The van der Waals surface area contributed by atoms with E-state index in [1.165, 1.54) is 0 Å². The van der Waals surface area contributed by atoms with E-state index in [1.54, 1.807) is 0 Å². The molecule has 5 rings (SSSR count). The molecule has 51 heavy (non-hydrogen) atoms. The van der Waals surface area contributed by atoms with Crippen molar-refractivity contribution in [2.45, 2.75) is 98.2 Å². The molecule has 0 saturated carbocycles. The van der Waals surface area contributed by atoms with Crippen molar-refractivity contribution >= 4 is 92.6 Å². The van der Waals surface area contributed by atoms with E-state index in [0.29, 0.717) is 0 Å². The van der Waals surface area contributed by atoms with Crippen molar-refractivity contribution in [3.05, 3.63) is 91.0 Å². The fourth-order valence-electron chi connectivity index (χ4n) is 7.40. The molecule has 2 heterocycles. The molecule has 282 valence electrons. The molecule has 1 atom stereocenters. The van der Waals surface area contributed by atoms with Gasteiger partial charge in [0.25, 0.3) is 0 Å². The average molecular weight is 854 g/mol. The standard InChI is InChI=1S/C21H24O3Si3.C12H36O6Si6/c1-25(2)22-26(3,19-13-7-4-8-14-19)24-27(23-25,20-15-9-5-10-16-20)21-17-11-6-12-18-21;1-19(2)13-20(3,4)15-22(7,8)17-24(11,12)18-23(9,10)16-21(5,6)14-19/h4-18H,1-3H3;1-12H3. The first-order valence-electron chi connectivity index (χ1n) is 17.7. The van der Waals surface area contributed by atoms with Crippen molar-refractivity contribution < 1.29 is 37.0 Å². The Morgan fingerprint density at radius 2 is 0.490 bits per heavy atom. The van der Waals surface area contributed by atoms with E-state index < -0.39 is 77.0 Å². The molecule has 0 aliphatic carbocycles. The van der Waals surface area contributed by atoms with Gasteiger partial charge < -0.3 is 37.0 Å². The summed E-state index contributed by atoms with van der Waals surface area (Å²) >= 11 is 0. The first-order valence-corrected chi connectivity index (χ1v) is 41.5. The molecule has 2 aliphatic rings. The molecule has 1 unspecified atom stereocenters. The summed E-state index contributed by atoms with van der Waals surface area (Å²) in [6, 6.07) is 31.2. The number of rotatable bonds is 3. The Hall–Kier alpha value is -0.748. The zero-order valence-electron chi connectivity index (χ0n) is 33.3. The summed E-state index contributed by atoms with van der Waals surface area (Å²) in [7, 11) is -22.2. The van der Waals surface area contributed by atoms with Crippen LogP contribution in [-0.2, 0) is 37.0 Å². The smallest absolute Gasteiger partial charge is 0.389 e. The minimum atomic E-state index is -2.89. The van der Waals surface area contributed by atoms with E-state index in [1.807, 2.05) is 18.2 Å². The van der Waals surface area contributed by atoms with Gasteiger partial charge in [-0.3, -0.25) is 0 Å². The number of hydrogen-bond donors (Lipinski definition) is 0. The van der Waals surface area contributed by atoms with Gasteiger partial charge in [-0.15, -0.1) is 0 Å². The van der Waals surface area contributed by atoms with Crippen LogP contribution < -0.4 is 15.6 Å². The quantitative estimate of drug-likeness (QED) is 0.253. The zero-order chi connectivity index (χ0) is 38.2.